The minimum absolute atomic E-state index is 0.0675. The van der Waals surface area contributed by atoms with Crippen molar-refractivity contribution >= 4 is 5.91 Å². The van der Waals surface area contributed by atoms with Gasteiger partial charge in [0, 0.05) is 45.4 Å². The molecule has 2 heterocycles. The van der Waals surface area contributed by atoms with E-state index in [9.17, 15) is 4.79 Å². The number of rotatable bonds is 6. The summed E-state index contributed by atoms with van der Waals surface area (Å²) in [5, 5.41) is 0. The van der Waals surface area contributed by atoms with Crippen molar-refractivity contribution in [2.75, 3.05) is 45.9 Å². The zero-order valence-corrected chi connectivity index (χ0v) is 15.1. The maximum absolute atomic E-state index is 11.9. The van der Waals surface area contributed by atoms with Crippen LogP contribution in [0, 0.1) is 5.92 Å². The van der Waals surface area contributed by atoms with Gasteiger partial charge in [0.1, 0.15) is 0 Å². The Morgan fingerprint density at radius 2 is 1.88 bits per heavy atom. The van der Waals surface area contributed by atoms with Gasteiger partial charge in [0.2, 0.25) is 5.91 Å². The van der Waals surface area contributed by atoms with Crippen LogP contribution in [0.3, 0.4) is 0 Å². The zero-order valence-electron chi connectivity index (χ0n) is 15.1. The lowest BCUT2D eigenvalue weighted by molar-refractivity contribution is -0.122. The maximum Gasteiger partial charge on any atom is 0.223 e. The molecule has 25 heavy (non-hydrogen) atoms. The highest BCUT2D eigenvalue weighted by Gasteiger charge is 2.30. The predicted molar refractivity (Wildman–Crippen MR) is 99.3 cm³/mol. The van der Waals surface area contributed by atoms with Crippen LogP contribution in [-0.4, -0.2) is 67.7 Å². The number of hydrogen-bond acceptors (Lipinski definition) is 4. The number of carbonyl (C=O) groups excluding carboxylic acids is 1. The summed E-state index contributed by atoms with van der Waals surface area (Å²) in [6, 6.07) is 11.1. The molecule has 0 spiro atoms. The predicted octanol–water partition coefficient (Wildman–Crippen LogP) is 1.52. The molecule has 2 N–H and O–H groups in total. The Morgan fingerprint density at radius 3 is 2.60 bits per heavy atom. The molecule has 3 rings (SSSR count). The second kappa shape index (κ2) is 9.32. The molecule has 138 valence electrons. The van der Waals surface area contributed by atoms with E-state index in [1.165, 1.54) is 5.56 Å². The summed E-state index contributed by atoms with van der Waals surface area (Å²) in [4.78, 5) is 16.8. The van der Waals surface area contributed by atoms with Crippen LogP contribution < -0.4 is 5.73 Å². The normalized spacial score (nSPS) is 24.1. The first-order valence-corrected chi connectivity index (χ1v) is 9.60. The minimum atomic E-state index is -0.160. The van der Waals surface area contributed by atoms with Gasteiger partial charge in [-0.05, 0) is 37.8 Å². The molecule has 2 aliphatic rings. The van der Waals surface area contributed by atoms with Gasteiger partial charge in [-0.2, -0.15) is 0 Å². The lowest BCUT2D eigenvalue weighted by atomic mass is 10.0. The molecule has 1 aromatic rings. The smallest absolute Gasteiger partial charge is 0.223 e. The van der Waals surface area contributed by atoms with Crippen LogP contribution in [0.4, 0.5) is 0 Å². The third kappa shape index (κ3) is 5.53. The molecule has 0 unspecified atom stereocenters. The molecular weight excluding hydrogens is 314 g/mol. The molecule has 1 aromatic carbocycles. The van der Waals surface area contributed by atoms with E-state index in [4.69, 9.17) is 10.5 Å². The van der Waals surface area contributed by atoms with E-state index in [-0.39, 0.29) is 11.8 Å². The zero-order chi connectivity index (χ0) is 17.5. The number of carbonyl (C=O) groups is 1. The lowest BCUT2D eigenvalue weighted by Gasteiger charge is -2.34. The molecule has 0 saturated carbocycles. The Bertz CT molecular complexity index is 531. The van der Waals surface area contributed by atoms with Gasteiger partial charge >= 0.3 is 0 Å². The third-order valence-electron chi connectivity index (χ3n) is 5.53. The summed E-state index contributed by atoms with van der Waals surface area (Å²) in [5.74, 6) is -0.228. The standard InChI is InChI=1S/C20H31N3O2/c21-20(24)18-15-22(10-4-7-17-5-2-1-3-6-17)11-12-23(16-18)19-8-13-25-14-9-19/h1-3,5-6,18-19H,4,7-16H2,(H2,21,24)/t18-/m0/s1. The fourth-order valence-corrected chi connectivity index (χ4v) is 4.02. The SMILES string of the molecule is NC(=O)[C@H]1CN(CCCc2ccccc2)CCN(C2CCOCC2)C1. The highest BCUT2D eigenvalue weighted by atomic mass is 16.5. The van der Waals surface area contributed by atoms with Crippen molar-refractivity contribution in [2.24, 2.45) is 11.7 Å². The van der Waals surface area contributed by atoms with E-state index in [2.05, 4.69) is 40.1 Å². The molecule has 0 radical (unpaired) electrons. The van der Waals surface area contributed by atoms with E-state index in [0.29, 0.717) is 6.04 Å². The summed E-state index contributed by atoms with van der Waals surface area (Å²) in [6.45, 7) is 6.35. The van der Waals surface area contributed by atoms with Crippen LogP contribution >= 0.6 is 0 Å². The second-order valence-electron chi connectivity index (χ2n) is 7.33. The van der Waals surface area contributed by atoms with Crippen LogP contribution in [0.5, 0.6) is 0 Å². The average molecular weight is 345 g/mol. The van der Waals surface area contributed by atoms with Crippen LogP contribution in [0.15, 0.2) is 30.3 Å². The number of hydrogen-bond donors (Lipinski definition) is 1. The van der Waals surface area contributed by atoms with Crippen molar-refractivity contribution in [3.05, 3.63) is 35.9 Å². The van der Waals surface area contributed by atoms with E-state index < -0.39 is 0 Å². The first kappa shape index (κ1) is 18.4. The van der Waals surface area contributed by atoms with Crippen LogP contribution in [0.25, 0.3) is 0 Å². The summed E-state index contributed by atoms with van der Waals surface area (Å²) in [7, 11) is 0. The van der Waals surface area contributed by atoms with Gasteiger partial charge in [-0.1, -0.05) is 30.3 Å². The monoisotopic (exact) mass is 345 g/mol. The van der Waals surface area contributed by atoms with Gasteiger partial charge in [0.15, 0.2) is 0 Å². The van der Waals surface area contributed by atoms with Crippen LogP contribution in [0.2, 0.25) is 0 Å². The summed E-state index contributed by atoms with van der Waals surface area (Å²) >= 11 is 0. The van der Waals surface area contributed by atoms with Crippen LogP contribution in [0.1, 0.15) is 24.8 Å². The largest absolute Gasteiger partial charge is 0.381 e. The van der Waals surface area contributed by atoms with E-state index in [1.54, 1.807) is 0 Å². The number of benzene rings is 1. The van der Waals surface area contributed by atoms with Gasteiger partial charge in [0.05, 0.1) is 5.92 Å². The van der Waals surface area contributed by atoms with E-state index >= 15 is 0 Å². The molecular formula is C20H31N3O2. The summed E-state index contributed by atoms with van der Waals surface area (Å²) < 4.78 is 5.48. The first-order valence-electron chi connectivity index (χ1n) is 9.60. The summed E-state index contributed by atoms with van der Waals surface area (Å²) in [5.41, 5.74) is 7.08. The summed E-state index contributed by atoms with van der Waals surface area (Å²) in [6.07, 6.45) is 4.34. The third-order valence-corrected chi connectivity index (χ3v) is 5.53. The Balaban J connectivity index is 1.53. The number of nitrogens with two attached hydrogens (primary N) is 1. The number of ether oxygens (including phenoxy) is 1. The highest BCUT2D eigenvalue weighted by Crippen LogP contribution is 2.19. The Morgan fingerprint density at radius 1 is 1.12 bits per heavy atom. The molecule has 0 aliphatic carbocycles. The average Bonchev–Trinajstić information content (AvgIpc) is 2.86. The highest BCUT2D eigenvalue weighted by molar-refractivity contribution is 5.77. The van der Waals surface area contributed by atoms with Crippen molar-refractivity contribution in [1.29, 1.82) is 0 Å². The lowest BCUT2D eigenvalue weighted by Crippen LogP contribution is -2.44. The molecule has 5 heteroatoms. The molecule has 2 aliphatic heterocycles. The van der Waals surface area contributed by atoms with Crippen molar-refractivity contribution < 1.29 is 9.53 Å². The van der Waals surface area contributed by atoms with Gasteiger partial charge in [-0.15, -0.1) is 0 Å². The molecule has 1 amide bonds. The van der Waals surface area contributed by atoms with Crippen molar-refractivity contribution in [1.82, 2.24) is 9.80 Å². The van der Waals surface area contributed by atoms with Crippen molar-refractivity contribution in [2.45, 2.75) is 31.7 Å². The fourth-order valence-electron chi connectivity index (χ4n) is 4.02. The molecule has 0 bridgehead atoms. The number of primary amides is 1. The number of amides is 1. The van der Waals surface area contributed by atoms with Crippen LogP contribution in [-0.2, 0) is 16.0 Å². The van der Waals surface area contributed by atoms with Gasteiger partial charge < -0.3 is 15.4 Å². The molecule has 2 fully saturated rings. The van der Waals surface area contributed by atoms with E-state index in [1.807, 2.05) is 0 Å². The topological polar surface area (TPSA) is 58.8 Å². The molecule has 1 atom stereocenters. The Labute approximate surface area is 151 Å². The van der Waals surface area contributed by atoms with Gasteiger partial charge in [0.25, 0.3) is 0 Å². The Kier molecular flexibility index (Phi) is 6.84. The molecule has 2 saturated heterocycles. The number of nitrogens with zero attached hydrogens (tertiary/aromatic N) is 2. The Hall–Kier alpha value is -1.43. The molecule has 0 aromatic heterocycles. The van der Waals surface area contributed by atoms with Gasteiger partial charge in [-0.25, -0.2) is 0 Å². The fraction of sp³-hybridized carbons (Fsp3) is 0.650. The minimum Gasteiger partial charge on any atom is -0.381 e. The maximum atomic E-state index is 11.9. The quantitative estimate of drug-likeness (QED) is 0.849. The second-order valence-corrected chi connectivity index (χ2v) is 7.33. The number of aryl methyl sites for hydroxylation is 1. The van der Waals surface area contributed by atoms with Crippen molar-refractivity contribution in [3.8, 4) is 0 Å². The van der Waals surface area contributed by atoms with E-state index in [0.717, 1.165) is 71.6 Å². The first-order chi connectivity index (χ1) is 12.2. The van der Waals surface area contributed by atoms with Crippen molar-refractivity contribution in [3.63, 3.8) is 0 Å². The molecule has 5 nitrogen and oxygen atoms in total. The van der Waals surface area contributed by atoms with Gasteiger partial charge in [-0.3, -0.25) is 9.69 Å².